The Hall–Kier alpha value is -1.73. The van der Waals surface area contributed by atoms with Gasteiger partial charge in [-0.25, -0.2) is 14.3 Å². The van der Waals surface area contributed by atoms with Crippen molar-refractivity contribution in [1.82, 2.24) is 29.5 Å². The average Bonchev–Trinajstić information content (AvgIpc) is 2.99. The number of hydrogen-bond acceptors (Lipinski definition) is 4. The van der Waals surface area contributed by atoms with Crippen molar-refractivity contribution < 1.29 is 0 Å². The first kappa shape index (κ1) is 12.3. The van der Waals surface area contributed by atoms with E-state index in [1.807, 2.05) is 13.1 Å². The Morgan fingerprint density at radius 1 is 1.11 bits per heavy atom. The fourth-order valence-corrected chi connectivity index (χ4v) is 2.07. The Balaban J connectivity index is 2.10. The van der Waals surface area contributed by atoms with Crippen molar-refractivity contribution in [1.29, 1.82) is 0 Å². The van der Waals surface area contributed by atoms with Crippen LogP contribution in [0.4, 0.5) is 0 Å². The van der Waals surface area contributed by atoms with Crippen molar-refractivity contribution in [2.45, 2.75) is 6.92 Å². The maximum Gasteiger partial charge on any atom is 0.252 e. The Bertz CT molecular complexity index is 734. The summed E-state index contributed by atoms with van der Waals surface area (Å²) in [5.74, 6) is 1.07. The van der Waals surface area contributed by atoms with E-state index in [1.54, 1.807) is 23.3 Å². The molecule has 0 spiro atoms. The fraction of sp³-hybridized carbons (Fsp3) is 0.0909. The normalized spacial score (nSPS) is 10.9. The van der Waals surface area contributed by atoms with Gasteiger partial charge in [0, 0.05) is 12.4 Å². The number of rotatable bonds is 2. The van der Waals surface area contributed by atoms with E-state index in [9.17, 15) is 0 Å². The molecule has 96 valence electrons. The quantitative estimate of drug-likeness (QED) is 0.720. The highest BCUT2D eigenvalue weighted by atomic mass is 79.9. The van der Waals surface area contributed by atoms with Crippen molar-refractivity contribution >= 4 is 27.5 Å². The number of aromatic nitrogens is 6. The van der Waals surface area contributed by atoms with Gasteiger partial charge in [0.15, 0.2) is 5.82 Å². The fourth-order valence-electron chi connectivity index (χ4n) is 1.56. The molecule has 3 aromatic heterocycles. The second-order valence-corrected chi connectivity index (χ2v) is 5.20. The Kier molecular flexibility index (Phi) is 3.08. The monoisotopic (exact) mass is 338 g/mol. The largest absolute Gasteiger partial charge is 0.252 e. The van der Waals surface area contributed by atoms with Crippen molar-refractivity contribution in [3.63, 3.8) is 0 Å². The lowest BCUT2D eigenvalue weighted by Gasteiger charge is -2.05. The maximum absolute atomic E-state index is 5.84. The van der Waals surface area contributed by atoms with Crippen LogP contribution in [-0.4, -0.2) is 29.5 Å². The van der Waals surface area contributed by atoms with E-state index < -0.39 is 0 Å². The molecule has 0 aromatic carbocycles. The topological polar surface area (TPSA) is 61.4 Å². The molecule has 0 bridgehead atoms. The molecule has 0 aliphatic heterocycles. The summed E-state index contributed by atoms with van der Waals surface area (Å²) in [6, 6.07) is 0. The van der Waals surface area contributed by atoms with Crippen molar-refractivity contribution in [2.75, 3.05) is 0 Å². The van der Waals surface area contributed by atoms with Crippen LogP contribution in [0.15, 0.2) is 35.5 Å². The summed E-state index contributed by atoms with van der Waals surface area (Å²) in [6.45, 7) is 1.97. The molecule has 0 amide bonds. The van der Waals surface area contributed by atoms with Gasteiger partial charge >= 0.3 is 0 Å². The molecule has 0 aliphatic carbocycles. The molecular formula is C11H8BrClN6. The zero-order valence-corrected chi connectivity index (χ0v) is 12.2. The van der Waals surface area contributed by atoms with Crippen molar-refractivity contribution in [3.8, 4) is 11.8 Å². The smallest absolute Gasteiger partial charge is 0.221 e. The lowest BCUT2D eigenvalue weighted by Crippen LogP contribution is -2.07. The van der Waals surface area contributed by atoms with Gasteiger partial charge in [-0.2, -0.15) is 15.2 Å². The van der Waals surface area contributed by atoms with Crippen molar-refractivity contribution in [2.24, 2.45) is 0 Å². The molecule has 0 saturated heterocycles. The molecule has 0 fully saturated rings. The van der Waals surface area contributed by atoms with Crippen LogP contribution in [0.2, 0.25) is 5.02 Å². The molecule has 8 heteroatoms. The van der Waals surface area contributed by atoms with Crippen LogP contribution in [0, 0.1) is 6.92 Å². The molecule has 3 aromatic rings. The Labute approximate surface area is 122 Å². The maximum atomic E-state index is 5.84. The van der Waals surface area contributed by atoms with E-state index in [4.69, 9.17) is 11.6 Å². The molecular weight excluding hydrogens is 332 g/mol. The third kappa shape index (κ3) is 2.39. The second-order valence-electron chi connectivity index (χ2n) is 3.91. The minimum Gasteiger partial charge on any atom is -0.221 e. The summed E-state index contributed by atoms with van der Waals surface area (Å²) < 4.78 is 3.93. The van der Waals surface area contributed by atoms with Gasteiger partial charge in [-0.1, -0.05) is 11.6 Å². The van der Waals surface area contributed by atoms with E-state index in [1.165, 1.54) is 10.9 Å². The molecule has 0 unspecified atom stereocenters. The van der Waals surface area contributed by atoms with Crippen molar-refractivity contribution in [3.05, 3.63) is 46.0 Å². The summed E-state index contributed by atoms with van der Waals surface area (Å²) in [7, 11) is 0. The minimum atomic E-state index is 0.429. The first-order valence-corrected chi connectivity index (χ1v) is 6.55. The molecule has 3 rings (SSSR count). The van der Waals surface area contributed by atoms with Gasteiger partial charge in [-0.05, 0) is 28.4 Å². The molecule has 0 saturated carbocycles. The molecule has 0 N–H and O–H groups in total. The molecule has 0 atom stereocenters. The lowest BCUT2D eigenvalue weighted by molar-refractivity contribution is 0.770. The summed E-state index contributed by atoms with van der Waals surface area (Å²) in [6.07, 6.45) is 8.48. The third-order valence-electron chi connectivity index (χ3n) is 2.40. The molecule has 0 radical (unpaired) electrons. The highest BCUT2D eigenvalue weighted by Crippen LogP contribution is 2.19. The second kappa shape index (κ2) is 4.75. The highest BCUT2D eigenvalue weighted by molar-refractivity contribution is 9.10. The Morgan fingerprint density at radius 3 is 2.53 bits per heavy atom. The number of nitrogens with zero attached hydrogens (tertiary/aromatic N) is 6. The highest BCUT2D eigenvalue weighted by Gasteiger charge is 2.10. The Morgan fingerprint density at radius 2 is 1.89 bits per heavy atom. The standard InChI is InChI=1S/C11H8BrClN6/c1-7-2-15-18(5-7)10-9(12)4-14-11(17-10)19-6-8(13)3-16-19/h2-6H,1H3. The van der Waals surface area contributed by atoms with E-state index >= 15 is 0 Å². The van der Waals surface area contributed by atoms with Gasteiger partial charge in [-0.3, -0.25) is 0 Å². The SMILES string of the molecule is Cc1cnn(-c2nc(-n3cc(Cl)cn3)ncc2Br)c1. The zero-order chi connectivity index (χ0) is 13.4. The van der Waals surface area contributed by atoms with Crippen LogP contribution < -0.4 is 0 Å². The first-order valence-electron chi connectivity index (χ1n) is 5.38. The van der Waals surface area contributed by atoms with Crippen LogP contribution in [0.25, 0.3) is 11.8 Å². The van der Waals surface area contributed by atoms with Gasteiger partial charge in [0.25, 0.3) is 5.95 Å². The predicted molar refractivity (Wildman–Crippen MR) is 73.7 cm³/mol. The minimum absolute atomic E-state index is 0.429. The average molecular weight is 340 g/mol. The zero-order valence-electron chi connectivity index (χ0n) is 9.83. The molecule has 19 heavy (non-hydrogen) atoms. The third-order valence-corrected chi connectivity index (χ3v) is 3.15. The van der Waals surface area contributed by atoms with Crippen LogP contribution in [0.5, 0.6) is 0 Å². The van der Waals surface area contributed by atoms with Crippen LogP contribution >= 0.6 is 27.5 Å². The first-order chi connectivity index (χ1) is 9.13. The summed E-state index contributed by atoms with van der Waals surface area (Å²) in [5, 5.41) is 8.83. The van der Waals surface area contributed by atoms with Gasteiger partial charge in [0.1, 0.15) is 0 Å². The van der Waals surface area contributed by atoms with Gasteiger partial charge < -0.3 is 0 Å². The summed E-state index contributed by atoms with van der Waals surface area (Å²) in [5.41, 5.74) is 1.05. The number of hydrogen-bond donors (Lipinski definition) is 0. The number of aryl methyl sites for hydroxylation is 1. The molecule has 6 nitrogen and oxygen atoms in total. The van der Waals surface area contributed by atoms with Gasteiger partial charge in [-0.15, -0.1) is 0 Å². The lowest BCUT2D eigenvalue weighted by atomic mass is 10.4. The van der Waals surface area contributed by atoms with Crippen LogP contribution in [-0.2, 0) is 0 Å². The van der Waals surface area contributed by atoms with E-state index in [0.717, 1.165) is 10.0 Å². The summed E-state index contributed by atoms with van der Waals surface area (Å²) in [4.78, 5) is 8.62. The van der Waals surface area contributed by atoms with Crippen LogP contribution in [0.1, 0.15) is 5.56 Å². The number of halogens is 2. The molecule has 0 aliphatic rings. The van der Waals surface area contributed by atoms with E-state index in [-0.39, 0.29) is 0 Å². The van der Waals surface area contributed by atoms with Gasteiger partial charge in [0.2, 0.25) is 0 Å². The molecule has 3 heterocycles. The van der Waals surface area contributed by atoms with Crippen LogP contribution in [0.3, 0.4) is 0 Å². The van der Waals surface area contributed by atoms with E-state index in [0.29, 0.717) is 16.8 Å². The summed E-state index contributed by atoms with van der Waals surface area (Å²) >= 11 is 9.25. The van der Waals surface area contributed by atoms with E-state index in [2.05, 4.69) is 36.1 Å². The predicted octanol–water partition coefficient (Wildman–Crippen LogP) is 2.57. The van der Waals surface area contributed by atoms with Gasteiger partial charge in [0.05, 0.1) is 28.1 Å².